The Morgan fingerprint density at radius 1 is 1.16 bits per heavy atom. The molecule has 2 N–H and O–H groups in total. The maximum Gasteiger partial charge on any atom is 0.264 e. The molecule has 1 saturated heterocycles. The average Bonchev–Trinajstić information content (AvgIpc) is 3.57. The highest BCUT2D eigenvalue weighted by Crippen LogP contribution is 2.28. The number of nitriles is 1. The summed E-state index contributed by atoms with van der Waals surface area (Å²) in [4.78, 5) is 33.1. The molecule has 2 amide bonds. The van der Waals surface area contributed by atoms with E-state index in [2.05, 4.69) is 44.4 Å². The minimum atomic E-state index is -2.70. The molecule has 234 valence electrons. The molecule has 0 saturated carbocycles. The summed E-state index contributed by atoms with van der Waals surface area (Å²) in [6, 6.07) is 13.4. The van der Waals surface area contributed by atoms with Crippen molar-refractivity contribution >= 4 is 28.8 Å². The molecule has 0 radical (unpaired) electrons. The van der Waals surface area contributed by atoms with Gasteiger partial charge in [0.25, 0.3) is 18.2 Å². The summed E-state index contributed by atoms with van der Waals surface area (Å²) in [6.07, 6.45) is 0.490. The van der Waals surface area contributed by atoms with E-state index in [1.165, 1.54) is 24.3 Å². The van der Waals surface area contributed by atoms with Crippen LogP contribution in [0.1, 0.15) is 82.3 Å². The molecular weight excluding hydrogens is 562 g/mol. The monoisotopic (exact) mass is 604 g/mol. The van der Waals surface area contributed by atoms with Crippen molar-refractivity contribution in [1.82, 2.24) is 19.8 Å². The van der Waals surface area contributed by atoms with Gasteiger partial charge in [-0.05, 0) is 60.9 Å². The van der Waals surface area contributed by atoms with Gasteiger partial charge in [-0.15, -0.1) is 0 Å². The molecule has 4 rings (SSSR count). The first kappa shape index (κ1) is 32.8. The van der Waals surface area contributed by atoms with Crippen LogP contribution in [0.2, 0.25) is 0 Å². The van der Waals surface area contributed by atoms with Gasteiger partial charge >= 0.3 is 0 Å². The number of nitrogens with zero attached hydrogens (tertiary/aromatic N) is 4. The van der Waals surface area contributed by atoms with Gasteiger partial charge in [0.1, 0.15) is 11.6 Å². The number of imidazole rings is 1. The number of nitrogens with one attached hydrogen (secondary N) is 2. The number of hydrogen-bond donors (Lipinski definition) is 2. The van der Waals surface area contributed by atoms with Crippen LogP contribution in [0.5, 0.6) is 0 Å². The van der Waals surface area contributed by atoms with Crippen molar-refractivity contribution in [2.24, 2.45) is 11.3 Å². The van der Waals surface area contributed by atoms with E-state index < -0.39 is 12.3 Å². The number of halogens is 2. The van der Waals surface area contributed by atoms with Crippen LogP contribution in [0.25, 0.3) is 11.0 Å². The van der Waals surface area contributed by atoms with Crippen molar-refractivity contribution in [2.75, 3.05) is 11.9 Å². The zero-order chi connectivity index (χ0) is 32.2. The Labute approximate surface area is 258 Å². The highest BCUT2D eigenvalue weighted by Gasteiger charge is 2.32. The molecule has 0 unspecified atom stereocenters. The van der Waals surface area contributed by atoms with Gasteiger partial charge in [0.2, 0.25) is 5.95 Å². The predicted octanol–water partition coefficient (Wildman–Crippen LogP) is 6.85. The minimum absolute atomic E-state index is 0.0488. The Kier molecular flexibility index (Phi) is 10.2. The van der Waals surface area contributed by atoms with Gasteiger partial charge in [-0.25, -0.2) is 13.8 Å². The zero-order valence-electron chi connectivity index (χ0n) is 26.3. The zero-order valence-corrected chi connectivity index (χ0v) is 26.3. The molecule has 1 aliphatic rings. The minimum Gasteiger partial charge on any atom is -0.333 e. The molecule has 0 bridgehead atoms. The standard InChI is InChI=1S/C34H42F2N6O2/c1-21(2)15-26(18-37)32(44)41-14-8-11-27(41)20-42-29-13-12-23(19-38-22(3)34(4,5)6)16-28(29)39-33(42)40-31(43)25-10-7-9-24(17-25)30(35)36/h7,9-10,12-13,15-17,21-22,27,30,38H,8,11,14,19-20H2,1-6H3,(H,39,40,43)/t22-,27+/m0/s1. The van der Waals surface area contributed by atoms with Crippen LogP contribution in [-0.2, 0) is 17.9 Å². The highest BCUT2D eigenvalue weighted by molar-refractivity contribution is 6.04. The van der Waals surface area contributed by atoms with E-state index in [0.717, 1.165) is 23.9 Å². The largest absolute Gasteiger partial charge is 0.333 e. The Hall–Kier alpha value is -4.10. The molecule has 8 nitrogen and oxygen atoms in total. The Morgan fingerprint density at radius 3 is 2.57 bits per heavy atom. The lowest BCUT2D eigenvalue weighted by Gasteiger charge is -2.28. The fourth-order valence-electron chi connectivity index (χ4n) is 5.28. The fraction of sp³-hybridized carbons (Fsp3) is 0.471. The first-order valence-corrected chi connectivity index (χ1v) is 15.1. The van der Waals surface area contributed by atoms with Crippen LogP contribution in [0.4, 0.5) is 14.7 Å². The Balaban J connectivity index is 1.68. The van der Waals surface area contributed by atoms with Gasteiger partial charge in [-0.1, -0.05) is 58.9 Å². The number of alkyl halides is 2. The lowest BCUT2D eigenvalue weighted by molar-refractivity contribution is -0.127. The normalized spacial score (nSPS) is 16.5. The number of aromatic nitrogens is 2. The molecule has 44 heavy (non-hydrogen) atoms. The number of amides is 2. The summed E-state index contributed by atoms with van der Waals surface area (Å²) in [5.74, 6) is -0.550. The average molecular weight is 605 g/mol. The highest BCUT2D eigenvalue weighted by atomic mass is 19.3. The van der Waals surface area contributed by atoms with Crippen LogP contribution in [0.15, 0.2) is 54.1 Å². The van der Waals surface area contributed by atoms with Gasteiger partial charge in [0.05, 0.1) is 17.1 Å². The van der Waals surface area contributed by atoms with Gasteiger partial charge in [-0.3, -0.25) is 14.9 Å². The number of rotatable bonds is 10. The third-order valence-corrected chi connectivity index (χ3v) is 8.23. The van der Waals surface area contributed by atoms with E-state index in [0.29, 0.717) is 25.2 Å². The molecule has 0 aliphatic carbocycles. The smallest absolute Gasteiger partial charge is 0.264 e. The second-order valence-electron chi connectivity index (χ2n) is 12.9. The summed E-state index contributed by atoms with van der Waals surface area (Å²) >= 11 is 0. The van der Waals surface area contributed by atoms with E-state index in [1.807, 2.05) is 36.6 Å². The van der Waals surface area contributed by atoms with E-state index in [4.69, 9.17) is 4.98 Å². The van der Waals surface area contributed by atoms with Crippen molar-refractivity contribution in [1.29, 1.82) is 5.26 Å². The summed E-state index contributed by atoms with van der Waals surface area (Å²) in [5, 5.41) is 16.1. The van der Waals surface area contributed by atoms with Crippen molar-refractivity contribution in [3.63, 3.8) is 0 Å². The van der Waals surface area contributed by atoms with E-state index in [9.17, 15) is 23.6 Å². The number of benzene rings is 2. The predicted molar refractivity (Wildman–Crippen MR) is 168 cm³/mol. The molecular formula is C34H42F2N6O2. The number of fused-ring (bicyclic) bond motifs is 1. The van der Waals surface area contributed by atoms with Crippen molar-refractivity contribution < 1.29 is 18.4 Å². The molecule has 1 aliphatic heterocycles. The van der Waals surface area contributed by atoms with Crippen LogP contribution in [0.3, 0.4) is 0 Å². The molecule has 1 fully saturated rings. The first-order valence-electron chi connectivity index (χ1n) is 15.1. The summed E-state index contributed by atoms with van der Waals surface area (Å²) in [7, 11) is 0. The fourth-order valence-corrected chi connectivity index (χ4v) is 5.28. The lowest BCUT2D eigenvalue weighted by Crippen LogP contribution is -2.39. The third kappa shape index (κ3) is 7.69. The van der Waals surface area contributed by atoms with E-state index in [-0.39, 0.29) is 52.0 Å². The number of carbonyl (C=O) groups is 2. The maximum atomic E-state index is 13.4. The number of hydrogen-bond acceptors (Lipinski definition) is 5. The summed E-state index contributed by atoms with van der Waals surface area (Å²) in [5.41, 5.74) is 2.52. The maximum absolute atomic E-state index is 13.4. The van der Waals surface area contributed by atoms with Crippen LogP contribution < -0.4 is 10.6 Å². The summed E-state index contributed by atoms with van der Waals surface area (Å²) < 4.78 is 28.5. The van der Waals surface area contributed by atoms with Gasteiger partial charge in [0.15, 0.2) is 0 Å². The second-order valence-corrected chi connectivity index (χ2v) is 12.9. The topological polar surface area (TPSA) is 103 Å². The second kappa shape index (κ2) is 13.7. The molecule has 2 aromatic carbocycles. The molecule has 10 heteroatoms. The molecule has 2 atom stereocenters. The molecule has 1 aromatic heterocycles. The Bertz CT molecular complexity index is 1580. The number of allylic oxidation sites excluding steroid dienone is 1. The molecule has 0 spiro atoms. The van der Waals surface area contributed by atoms with Crippen molar-refractivity contribution in [2.45, 2.75) is 86.0 Å². The van der Waals surface area contributed by atoms with Gasteiger partial charge in [-0.2, -0.15) is 5.26 Å². The van der Waals surface area contributed by atoms with Crippen LogP contribution >= 0.6 is 0 Å². The van der Waals surface area contributed by atoms with Crippen molar-refractivity contribution in [3.8, 4) is 6.07 Å². The van der Waals surface area contributed by atoms with Gasteiger partial charge < -0.3 is 14.8 Å². The summed E-state index contributed by atoms with van der Waals surface area (Å²) in [6.45, 7) is 14.0. The SMILES string of the molecule is CC(C)C=C(C#N)C(=O)N1CCC[C@@H]1Cn1c(NC(=O)c2cccc(C(F)F)c2)nc2cc(CN[C@@H](C)C(C)(C)C)ccc21. The van der Waals surface area contributed by atoms with E-state index in [1.54, 1.807) is 11.0 Å². The molecule has 3 aromatic rings. The Morgan fingerprint density at radius 2 is 1.91 bits per heavy atom. The molecule has 2 heterocycles. The quantitative estimate of drug-likeness (QED) is 0.195. The van der Waals surface area contributed by atoms with Crippen LogP contribution in [0, 0.1) is 22.7 Å². The number of likely N-dealkylation sites (tertiary alicyclic amines) is 1. The van der Waals surface area contributed by atoms with E-state index >= 15 is 0 Å². The van der Waals surface area contributed by atoms with Crippen LogP contribution in [-0.4, -0.2) is 44.9 Å². The lowest BCUT2D eigenvalue weighted by atomic mass is 9.88. The van der Waals surface area contributed by atoms with Gasteiger partial charge in [0, 0.05) is 36.8 Å². The third-order valence-electron chi connectivity index (χ3n) is 8.23. The number of carbonyl (C=O) groups excluding carboxylic acids is 2. The van der Waals surface area contributed by atoms with Crippen molar-refractivity contribution in [3.05, 3.63) is 70.8 Å². The first-order chi connectivity index (χ1) is 20.8. The number of anilines is 1.